The summed E-state index contributed by atoms with van der Waals surface area (Å²) >= 11 is 0. The Labute approximate surface area is 154 Å². The minimum absolute atomic E-state index is 0.0322. The molecule has 2 aromatic carbocycles. The first-order valence-corrected chi connectivity index (χ1v) is 9.20. The zero-order valence-electron chi connectivity index (χ0n) is 13.8. The van der Waals surface area contributed by atoms with Gasteiger partial charge in [0, 0.05) is 11.1 Å². The van der Waals surface area contributed by atoms with Crippen LogP contribution in [0.15, 0.2) is 56.9 Å². The lowest BCUT2D eigenvalue weighted by molar-refractivity contribution is 0.0697. The van der Waals surface area contributed by atoms with Gasteiger partial charge < -0.3 is 15.3 Å². The minimum atomic E-state index is -3.86. The Morgan fingerprint density at radius 1 is 1.22 bits per heavy atom. The number of hydrazone groups is 1. The Bertz CT molecular complexity index is 1060. The number of carboxylic acids is 1. The molecule has 140 valence electrons. The van der Waals surface area contributed by atoms with Gasteiger partial charge in [0.15, 0.2) is 5.84 Å². The van der Waals surface area contributed by atoms with Crippen LogP contribution in [0.5, 0.6) is 5.75 Å². The van der Waals surface area contributed by atoms with E-state index in [4.69, 9.17) is 5.11 Å². The number of rotatable bonds is 5. The van der Waals surface area contributed by atoms with Crippen molar-refractivity contribution in [2.75, 3.05) is 13.2 Å². The summed E-state index contributed by atoms with van der Waals surface area (Å²) in [6.07, 6.45) is 1.17. The van der Waals surface area contributed by atoms with Crippen LogP contribution in [-0.2, 0) is 10.0 Å². The number of aliphatic hydroxyl groups is 1. The molecule has 9 nitrogen and oxygen atoms in total. The van der Waals surface area contributed by atoms with Crippen molar-refractivity contribution in [3.8, 4) is 5.75 Å². The van der Waals surface area contributed by atoms with Crippen LogP contribution in [0.2, 0.25) is 0 Å². The van der Waals surface area contributed by atoms with E-state index in [1.54, 1.807) is 18.2 Å². The van der Waals surface area contributed by atoms with Gasteiger partial charge in [-0.15, -0.1) is 4.40 Å². The van der Waals surface area contributed by atoms with Gasteiger partial charge in [-0.3, -0.25) is 0 Å². The second-order valence-corrected chi connectivity index (χ2v) is 7.13. The second-order valence-electron chi connectivity index (χ2n) is 5.56. The van der Waals surface area contributed by atoms with Gasteiger partial charge in [0.25, 0.3) is 10.0 Å². The summed E-state index contributed by atoms with van der Waals surface area (Å²) in [5, 5.41) is 33.5. The standard InChI is InChI=1S/C17H15N3O6S/c21-8-7-20(16-13-3-1-2-4-15(13)27(25,26)19-16)18-10-12-9-11(17(23)24)5-6-14(12)22/h1-6,9-10,21-22H,7-8H2,(H,23,24)/b18-10-. The lowest BCUT2D eigenvalue weighted by Crippen LogP contribution is -2.28. The van der Waals surface area contributed by atoms with Gasteiger partial charge in [-0.1, -0.05) is 12.1 Å². The van der Waals surface area contributed by atoms with Crippen molar-refractivity contribution in [1.82, 2.24) is 5.01 Å². The van der Waals surface area contributed by atoms with E-state index in [1.165, 1.54) is 35.5 Å². The number of phenolic OH excluding ortho intramolecular Hbond substituents is 1. The SMILES string of the molecule is O=C(O)c1ccc(O)c(/C=N\N(CCO)C2=NS(=O)(=O)c3ccccc32)c1. The quantitative estimate of drug-likeness (QED) is 0.509. The number of fused-ring (bicyclic) bond motifs is 1. The predicted molar refractivity (Wildman–Crippen MR) is 96.6 cm³/mol. The first-order chi connectivity index (χ1) is 12.8. The van der Waals surface area contributed by atoms with Crippen LogP contribution < -0.4 is 0 Å². The van der Waals surface area contributed by atoms with Crippen molar-refractivity contribution in [3.63, 3.8) is 0 Å². The number of aromatic hydroxyl groups is 1. The number of nitrogens with zero attached hydrogens (tertiary/aromatic N) is 3. The number of hydrogen-bond donors (Lipinski definition) is 3. The summed E-state index contributed by atoms with van der Waals surface area (Å²) in [5.41, 5.74) is 0.410. The van der Waals surface area contributed by atoms with Crippen LogP contribution in [0.3, 0.4) is 0 Å². The number of carbonyl (C=O) groups is 1. The maximum Gasteiger partial charge on any atom is 0.335 e. The van der Waals surface area contributed by atoms with Crippen LogP contribution in [0, 0.1) is 0 Å². The summed E-state index contributed by atoms with van der Waals surface area (Å²) in [7, 11) is -3.86. The van der Waals surface area contributed by atoms with Crippen molar-refractivity contribution in [1.29, 1.82) is 0 Å². The number of aliphatic hydroxyl groups excluding tert-OH is 1. The van der Waals surface area contributed by atoms with Gasteiger partial charge in [-0.25, -0.2) is 9.80 Å². The molecule has 0 bridgehead atoms. The topological polar surface area (TPSA) is 140 Å². The Balaban J connectivity index is 2.00. The Morgan fingerprint density at radius 2 is 1.96 bits per heavy atom. The van der Waals surface area contributed by atoms with Gasteiger partial charge in [0.1, 0.15) is 10.6 Å². The molecule has 0 spiro atoms. The highest BCUT2D eigenvalue weighted by Gasteiger charge is 2.31. The van der Waals surface area contributed by atoms with E-state index in [0.29, 0.717) is 5.56 Å². The van der Waals surface area contributed by atoms with E-state index < -0.39 is 16.0 Å². The third kappa shape index (κ3) is 3.66. The average Bonchev–Trinajstić information content (AvgIpc) is 2.91. The number of amidine groups is 1. The summed E-state index contributed by atoms with van der Waals surface area (Å²) < 4.78 is 28.1. The molecule has 0 fully saturated rings. The summed E-state index contributed by atoms with van der Waals surface area (Å²) in [4.78, 5) is 11.1. The lowest BCUT2D eigenvalue weighted by atomic mass is 10.1. The molecule has 0 aliphatic carbocycles. The van der Waals surface area contributed by atoms with E-state index in [-0.39, 0.29) is 40.8 Å². The van der Waals surface area contributed by atoms with Crippen molar-refractivity contribution in [2.45, 2.75) is 4.90 Å². The predicted octanol–water partition coefficient (Wildman–Crippen LogP) is 0.868. The molecule has 0 aromatic heterocycles. The van der Waals surface area contributed by atoms with Gasteiger partial charge >= 0.3 is 5.97 Å². The average molecular weight is 389 g/mol. The molecular weight excluding hydrogens is 374 g/mol. The first kappa shape index (κ1) is 18.5. The summed E-state index contributed by atoms with van der Waals surface area (Å²) in [6, 6.07) is 9.89. The fourth-order valence-corrected chi connectivity index (χ4v) is 3.72. The molecule has 0 saturated carbocycles. The molecule has 1 heterocycles. The van der Waals surface area contributed by atoms with E-state index >= 15 is 0 Å². The summed E-state index contributed by atoms with van der Waals surface area (Å²) in [5.74, 6) is -1.34. The van der Waals surface area contributed by atoms with E-state index in [9.17, 15) is 23.4 Å². The van der Waals surface area contributed by atoms with Crippen molar-refractivity contribution in [2.24, 2.45) is 9.50 Å². The molecule has 27 heavy (non-hydrogen) atoms. The number of sulfonamides is 1. The summed E-state index contributed by atoms with van der Waals surface area (Å²) in [6.45, 7) is -0.391. The zero-order valence-corrected chi connectivity index (χ0v) is 14.7. The Hall–Kier alpha value is -3.24. The maximum absolute atomic E-state index is 12.2. The molecule has 2 aromatic rings. The molecule has 0 unspecified atom stereocenters. The van der Waals surface area contributed by atoms with Crippen LogP contribution in [0.1, 0.15) is 21.5 Å². The molecule has 1 aliphatic rings. The number of phenols is 1. The van der Waals surface area contributed by atoms with Gasteiger partial charge in [-0.05, 0) is 30.3 Å². The van der Waals surface area contributed by atoms with Crippen LogP contribution in [-0.4, -0.2) is 59.9 Å². The lowest BCUT2D eigenvalue weighted by Gasteiger charge is -2.17. The Morgan fingerprint density at radius 3 is 2.67 bits per heavy atom. The highest BCUT2D eigenvalue weighted by Crippen LogP contribution is 2.27. The van der Waals surface area contributed by atoms with Gasteiger partial charge in [0.05, 0.1) is 24.9 Å². The second kappa shape index (κ2) is 7.17. The van der Waals surface area contributed by atoms with E-state index in [2.05, 4.69) is 9.50 Å². The van der Waals surface area contributed by atoms with Crippen molar-refractivity contribution in [3.05, 3.63) is 59.2 Å². The number of aromatic carboxylic acids is 1. The highest BCUT2D eigenvalue weighted by molar-refractivity contribution is 7.90. The van der Waals surface area contributed by atoms with Crippen molar-refractivity contribution < 1.29 is 28.5 Å². The molecule has 0 atom stereocenters. The van der Waals surface area contributed by atoms with Crippen LogP contribution in [0.25, 0.3) is 0 Å². The van der Waals surface area contributed by atoms with E-state index in [0.717, 1.165) is 0 Å². The third-order valence-corrected chi connectivity index (χ3v) is 5.10. The molecule has 3 rings (SSSR count). The smallest absolute Gasteiger partial charge is 0.335 e. The van der Waals surface area contributed by atoms with Crippen LogP contribution in [0.4, 0.5) is 0 Å². The van der Waals surface area contributed by atoms with Gasteiger partial charge in [-0.2, -0.15) is 13.5 Å². The number of hydrogen-bond acceptors (Lipinski definition) is 7. The highest BCUT2D eigenvalue weighted by atomic mass is 32.2. The first-order valence-electron chi connectivity index (χ1n) is 7.76. The van der Waals surface area contributed by atoms with Crippen LogP contribution >= 0.6 is 0 Å². The largest absolute Gasteiger partial charge is 0.507 e. The van der Waals surface area contributed by atoms with Gasteiger partial charge in [0.2, 0.25) is 0 Å². The Kier molecular flexibility index (Phi) is 4.93. The number of carboxylic acid groups (broad SMARTS) is 1. The van der Waals surface area contributed by atoms with E-state index in [1.807, 2.05) is 0 Å². The minimum Gasteiger partial charge on any atom is -0.507 e. The molecular formula is C17H15N3O6S. The molecule has 0 radical (unpaired) electrons. The molecule has 1 aliphatic heterocycles. The normalized spacial score (nSPS) is 14.8. The third-order valence-electron chi connectivity index (χ3n) is 3.78. The molecule has 10 heteroatoms. The molecule has 0 saturated heterocycles. The zero-order chi connectivity index (χ0) is 19.6. The maximum atomic E-state index is 12.2. The van der Waals surface area contributed by atoms with Crippen molar-refractivity contribution >= 4 is 28.0 Å². The number of benzene rings is 2. The molecule has 3 N–H and O–H groups in total. The fourth-order valence-electron chi connectivity index (χ4n) is 2.51. The fraction of sp³-hybridized carbons (Fsp3) is 0.118. The monoisotopic (exact) mass is 389 g/mol. The molecule has 0 amide bonds.